The molecule has 3 rings (SSSR count). The van der Waals surface area contributed by atoms with Gasteiger partial charge in [0.25, 0.3) is 5.91 Å². The first-order valence-electron chi connectivity index (χ1n) is 7.11. The molecule has 0 aliphatic carbocycles. The Balaban J connectivity index is 2.01. The summed E-state index contributed by atoms with van der Waals surface area (Å²) >= 11 is 1.45. The number of nitrogens with zero attached hydrogens (tertiary/aromatic N) is 2. The number of anilines is 1. The molecule has 0 saturated carbocycles. The number of amides is 1. The third-order valence-electron chi connectivity index (χ3n) is 3.46. The van der Waals surface area contributed by atoms with Crippen LogP contribution in [0.1, 0.15) is 5.56 Å². The van der Waals surface area contributed by atoms with Crippen LogP contribution in [0.3, 0.4) is 0 Å². The van der Waals surface area contributed by atoms with Gasteiger partial charge in [-0.25, -0.2) is 0 Å². The third kappa shape index (κ3) is 3.14. The lowest BCUT2D eigenvalue weighted by Gasteiger charge is -2.20. The Morgan fingerprint density at radius 1 is 1.09 bits per heavy atom. The molecule has 1 aliphatic heterocycles. The van der Waals surface area contributed by atoms with Crippen molar-refractivity contribution in [3.63, 3.8) is 0 Å². The number of hydrogen-bond acceptors (Lipinski definition) is 4. The summed E-state index contributed by atoms with van der Waals surface area (Å²) in [6, 6.07) is 17.3. The Hall–Kier alpha value is -2.53. The van der Waals surface area contributed by atoms with Crippen molar-refractivity contribution < 1.29 is 9.53 Å². The summed E-state index contributed by atoms with van der Waals surface area (Å²) in [5, 5.41) is 0.681. The number of thioether (sulfide) groups is 1. The van der Waals surface area contributed by atoms with Gasteiger partial charge < -0.3 is 4.74 Å². The van der Waals surface area contributed by atoms with Gasteiger partial charge in [-0.1, -0.05) is 42.1 Å². The molecule has 0 spiro atoms. The minimum Gasteiger partial charge on any atom is -0.497 e. The summed E-state index contributed by atoms with van der Waals surface area (Å²) in [6.07, 6.45) is 3.76. The molecule has 0 saturated heterocycles. The van der Waals surface area contributed by atoms with Crippen LogP contribution in [-0.4, -0.2) is 24.4 Å². The molecule has 0 unspecified atom stereocenters. The first-order chi connectivity index (χ1) is 11.2. The van der Waals surface area contributed by atoms with Crippen LogP contribution in [0.5, 0.6) is 5.75 Å². The van der Waals surface area contributed by atoms with E-state index in [2.05, 4.69) is 4.99 Å². The fourth-order valence-electron chi connectivity index (χ4n) is 2.34. The molecule has 1 heterocycles. The molecule has 0 fully saturated rings. The van der Waals surface area contributed by atoms with Gasteiger partial charge in [-0.15, -0.1) is 0 Å². The Morgan fingerprint density at radius 2 is 1.78 bits per heavy atom. The van der Waals surface area contributed by atoms with E-state index in [1.807, 2.05) is 71.8 Å². The van der Waals surface area contributed by atoms with Crippen molar-refractivity contribution in [3.05, 3.63) is 65.9 Å². The van der Waals surface area contributed by atoms with Gasteiger partial charge in [0.05, 0.1) is 7.11 Å². The topological polar surface area (TPSA) is 41.9 Å². The van der Waals surface area contributed by atoms with E-state index >= 15 is 0 Å². The minimum absolute atomic E-state index is 0.228. The van der Waals surface area contributed by atoms with Gasteiger partial charge in [0.15, 0.2) is 5.17 Å². The van der Waals surface area contributed by atoms with E-state index in [0.717, 1.165) is 17.0 Å². The van der Waals surface area contributed by atoms with Crippen molar-refractivity contribution in [3.8, 4) is 5.75 Å². The van der Waals surface area contributed by atoms with Crippen molar-refractivity contribution in [1.29, 1.82) is 0 Å². The van der Waals surface area contributed by atoms with Crippen LogP contribution in [0.15, 0.2) is 65.3 Å². The molecule has 4 nitrogen and oxygen atoms in total. The number of methoxy groups -OCH3 is 1. The third-order valence-corrected chi connectivity index (χ3v) is 4.10. The average Bonchev–Trinajstić information content (AvgIpc) is 2.92. The molecule has 0 atom stereocenters. The molecule has 0 radical (unpaired) electrons. The maximum atomic E-state index is 12.3. The van der Waals surface area contributed by atoms with E-state index in [1.54, 1.807) is 7.11 Å². The highest BCUT2D eigenvalue weighted by molar-refractivity contribution is 8.13. The van der Waals surface area contributed by atoms with E-state index in [1.165, 1.54) is 11.8 Å². The van der Waals surface area contributed by atoms with E-state index in [0.29, 0.717) is 10.9 Å². The fraction of sp³-hybridized carbons (Fsp3) is 0.111. The summed E-state index contributed by atoms with van der Waals surface area (Å²) in [5.41, 5.74) is 2.39. The Bertz CT molecular complexity index is 767. The Kier molecular flexibility index (Phi) is 4.48. The number of para-hydroxylation sites is 1. The maximum absolute atomic E-state index is 12.3. The zero-order chi connectivity index (χ0) is 16.2. The monoisotopic (exact) mass is 324 g/mol. The van der Waals surface area contributed by atoms with Crippen LogP contribution in [-0.2, 0) is 4.79 Å². The number of carbonyl (C=O) groups is 1. The number of aliphatic imine (C=N–C) groups is 1. The maximum Gasteiger partial charge on any atom is 0.296 e. The molecule has 2 aromatic carbocycles. The molecule has 0 aromatic heterocycles. The lowest BCUT2D eigenvalue weighted by molar-refractivity contribution is -0.113. The highest BCUT2D eigenvalue weighted by Gasteiger charge is 2.30. The Labute approximate surface area is 139 Å². The molecule has 23 heavy (non-hydrogen) atoms. The number of ether oxygens (including phenoxy) is 1. The van der Waals surface area contributed by atoms with Crippen LogP contribution in [0, 0.1) is 0 Å². The lowest BCUT2D eigenvalue weighted by Crippen LogP contribution is -2.24. The molecule has 0 bridgehead atoms. The molecular formula is C18H16N2O2S. The fourth-order valence-corrected chi connectivity index (χ4v) is 2.90. The first kappa shape index (κ1) is 15.4. The number of benzene rings is 2. The lowest BCUT2D eigenvalue weighted by atomic mass is 10.1. The molecule has 1 aliphatic rings. The zero-order valence-electron chi connectivity index (χ0n) is 12.9. The van der Waals surface area contributed by atoms with Gasteiger partial charge in [0, 0.05) is 5.69 Å². The standard InChI is InChI=1S/C18H16N2O2S/c1-22-15-10-8-13(9-11-15)12-16-17(21)19-18(23-2)20(16)14-6-4-3-5-7-14/h3-12H,1-2H3/b16-12-. The first-order valence-corrected chi connectivity index (χ1v) is 8.33. The summed E-state index contributed by atoms with van der Waals surface area (Å²) in [7, 11) is 1.63. The number of carbonyl (C=O) groups excluding carboxylic acids is 1. The molecule has 1 amide bonds. The summed E-state index contributed by atoms with van der Waals surface area (Å²) in [4.78, 5) is 18.4. The van der Waals surface area contributed by atoms with Crippen molar-refractivity contribution in [2.75, 3.05) is 18.3 Å². The largest absolute Gasteiger partial charge is 0.497 e. The van der Waals surface area contributed by atoms with Gasteiger partial charge in [-0.3, -0.25) is 9.69 Å². The smallest absolute Gasteiger partial charge is 0.296 e. The summed E-state index contributed by atoms with van der Waals surface area (Å²) in [5.74, 6) is 0.555. The van der Waals surface area contributed by atoms with E-state index in [9.17, 15) is 4.79 Å². The summed E-state index contributed by atoms with van der Waals surface area (Å²) < 4.78 is 5.16. The van der Waals surface area contributed by atoms with Crippen LogP contribution in [0.25, 0.3) is 6.08 Å². The van der Waals surface area contributed by atoms with E-state index in [-0.39, 0.29) is 5.91 Å². The zero-order valence-corrected chi connectivity index (χ0v) is 13.7. The van der Waals surface area contributed by atoms with Gasteiger partial charge in [0.2, 0.25) is 0 Å². The minimum atomic E-state index is -0.228. The highest BCUT2D eigenvalue weighted by Crippen LogP contribution is 2.30. The van der Waals surface area contributed by atoms with Gasteiger partial charge in [-0.05, 0) is 42.2 Å². The highest BCUT2D eigenvalue weighted by atomic mass is 32.2. The summed E-state index contributed by atoms with van der Waals surface area (Å²) in [6.45, 7) is 0. The van der Waals surface area contributed by atoms with Crippen LogP contribution < -0.4 is 9.64 Å². The Morgan fingerprint density at radius 3 is 2.39 bits per heavy atom. The van der Waals surface area contributed by atoms with Gasteiger partial charge in [0.1, 0.15) is 11.4 Å². The number of hydrogen-bond donors (Lipinski definition) is 0. The van der Waals surface area contributed by atoms with Gasteiger partial charge in [-0.2, -0.15) is 4.99 Å². The van der Waals surface area contributed by atoms with Crippen LogP contribution >= 0.6 is 11.8 Å². The molecular weight excluding hydrogens is 308 g/mol. The van der Waals surface area contributed by atoms with Crippen molar-refractivity contribution in [2.24, 2.45) is 4.99 Å². The van der Waals surface area contributed by atoms with E-state index < -0.39 is 0 Å². The number of amidine groups is 1. The second kappa shape index (κ2) is 6.71. The van der Waals surface area contributed by atoms with Crippen molar-refractivity contribution in [1.82, 2.24) is 0 Å². The predicted molar refractivity (Wildman–Crippen MR) is 95.8 cm³/mol. The number of rotatable bonds is 3. The average molecular weight is 324 g/mol. The quantitative estimate of drug-likeness (QED) is 0.805. The van der Waals surface area contributed by atoms with Crippen LogP contribution in [0.2, 0.25) is 0 Å². The predicted octanol–water partition coefficient (Wildman–Crippen LogP) is 3.80. The SMILES string of the molecule is COc1ccc(/C=C2/C(=O)N=C(SC)N2c2ccccc2)cc1. The van der Waals surface area contributed by atoms with Crippen molar-refractivity contribution in [2.45, 2.75) is 0 Å². The normalized spacial score (nSPS) is 15.9. The molecule has 116 valence electrons. The molecule has 2 aromatic rings. The second-order valence-corrected chi connectivity index (χ2v) is 5.65. The van der Waals surface area contributed by atoms with E-state index in [4.69, 9.17) is 4.74 Å². The molecule has 5 heteroatoms. The van der Waals surface area contributed by atoms with Gasteiger partial charge >= 0.3 is 0 Å². The second-order valence-electron chi connectivity index (χ2n) is 4.88. The van der Waals surface area contributed by atoms with Crippen molar-refractivity contribution >= 4 is 34.6 Å². The molecule has 0 N–H and O–H groups in total. The van der Waals surface area contributed by atoms with Crippen LogP contribution in [0.4, 0.5) is 5.69 Å².